The van der Waals surface area contributed by atoms with E-state index in [0.29, 0.717) is 0 Å². The molecule has 0 amide bonds. The van der Waals surface area contributed by atoms with Crippen molar-refractivity contribution >= 4 is 29.3 Å². The second kappa shape index (κ2) is 37.9. The van der Waals surface area contributed by atoms with Crippen LogP contribution in [0.15, 0.2) is 0 Å². The maximum atomic E-state index is 5.93. The van der Waals surface area contributed by atoms with Crippen LogP contribution >= 0.6 is 17.5 Å². The Bertz CT molecular complexity index is 434. The Labute approximate surface area is 264 Å². The van der Waals surface area contributed by atoms with Gasteiger partial charge in [-0.3, -0.25) is 0 Å². The molecule has 0 aromatic carbocycles. The van der Waals surface area contributed by atoms with E-state index in [1.807, 2.05) is 11.4 Å². The highest BCUT2D eigenvalue weighted by molar-refractivity contribution is 8.62. The number of hydrogen-bond acceptors (Lipinski definition) is 3. The lowest BCUT2D eigenvalue weighted by Crippen LogP contribution is -1.88. The van der Waals surface area contributed by atoms with E-state index in [4.69, 9.17) is 16.3 Å². The van der Waals surface area contributed by atoms with Crippen LogP contribution in [0.1, 0.15) is 219 Å². The molecule has 4 heteroatoms. The summed E-state index contributed by atoms with van der Waals surface area (Å²) in [7, 11) is 0. The van der Waals surface area contributed by atoms with E-state index < -0.39 is 6.13 Å². The maximum absolute atomic E-state index is 5.93. The zero-order valence-electron chi connectivity index (χ0n) is 27.7. The van der Waals surface area contributed by atoms with Crippen molar-refractivity contribution in [2.24, 2.45) is 0 Å². The molecule has 0 aliphatic heterocycles. The summed E-state index contributed by atoms with van der Waals surface area (Å²) in [5.74, 6) is 1.20. The van der Waals surface area contributed by atoms with Gasteiger partial charge in [-0.2, -0.15) is 4.52 Å². The molecule has 0 radical (unpaired) electrons. The van der Waals surface area contributed by atoms with E-state index in [9.17, 15) is 0 Å². The van der Waals surface area contributed by atoms with Gasteiger partial charge in [0.1, 0.15) is 18.0 Å². The van der Waals surface area contributed by atoms with Gasteiger partial charge in [-0.25, -0.2) is 0 Å². The Balaban J connectivity index is 3.14. The monoisotopic (exact) mass is 617 g/mol. The summed E-state index contributed by atoms with van der Waals surface area (Å²) in [6, 6.07) is 0. The largest absolute Gasteiger partial charge is 0.414 e. The molecule has 0 aliphatic rings. The SMILES string of the molecule is CCCCCCCCCCCCCCCCCCO[P+](=S)SCCCCCCCCCCCCCCCCCC. The highest BCUT2D eigenvalue weighted by atomic mass is 32.9. The van der Waals surface area contributed by atoms with Gasteiger partial charge in [-0.1, -0.05) is 206 Å². The van der Waals surface area contributed by atoms with Crippen LogP contribution in [0.5, 0.6) is 0 Å². The highest BCUT2D eigenvalue weighted by Crippen LogP contribution is 2.40. The lowest BCUT2D eigenvalue weighted by atomic mass is 10.0. The molecule has 0 saturated heterocycles. The third-order valence-electron chi connectivity index (χ3n) is 8.39. The van der Waals surface area contributed by atoms with Gasteiger partial charge in [-0.15, -0.1) is 0 Å². The molecule has 1 unspecified atom stereocenters. The van der Waals surface area contributed by atoms with Crippen LogP contribution in [-0.2, 0) is 16.3 Å². The van der Waals surface area contributed by atoms with Crippen molar-refractivity contribution in [3.63, 3.8) is 0 Å². The summed E-state index contributed by atoms with van der Waals surface area (Å²) in [6.45, 7) is 5.49. The van der Waals surface area contributed by atoms with E-state index >= 15 is 0 Å². The summed E-state index contributed by atoms with van der Waals surface area (Å²) >= 11 is 7.47. The van der Waals surface area contributed by atoms with Crippen molar-refractivity contribution in [1.82, 2.24) is 0 Å². The molecule has 1 nitrogen and oxygen atoms in total. The third kappa shape index (κ3) is 36.9. The van der Waals surface area contributed by atoms with Crippen LogP contribution < -0.4 is 0 Å². The second-order valence-corrected chi connectivity index (χ2v) is 17.3. The predicted octanol–water partition coefficient (Wildman–Crippen LogP) is 15.0. The third-order valence-corrected chi connectivity index (χ3v) is 12.2. The fraction of sp³-hybridized carbons (Fsp3) is 1.00. The van der Waals surface area contributed by atoms with E-state index in [1.54, 1.807) is 0 Å². The molecule has 0 saturated carbocycles. The van der Waals surface area contributed by atoms with E-state index in [-0.39, 0.29) is 0 Å². The lowest BCUT2D eigenvalue weighted by Gasteiger charge is -2.03. The van der Waals surface area contributed by atoms with Crippen LogP contribution in [0.4, 0.5) is 0 Å². The molecule has 0 aromatic heterocycles. The summed E-state index contributed by atoms with van der Waals surface area (Å²) in [4.78, 5) is 0. The first-order valence-corrected chi connectivity index (χ1v) is 22.4. The van der Waals surface area contributed by atoms with Gasteiger partial charge in [0.05, 0.1) is 0 Å². The molecule has 0 bridgehead atoms. The van der Waals surface area contributed by atoms with Crippen LogP contribution in [0.2, 0.25) is 0 Å². The van der Waals surface area contributed by atoms with E-state index in [2.05, 4.69) is 13.8 Å². The molecule has 0 heterocycles. The van der Waals surface area contributed by atoms with Gasteiger partial charge >= 0.3 is 6.13 Å². The average molecular weight is 618 g/mol. The first kappa shape index (κ1) is 40.8. The zero-order valence-corrected chi connectivity index (χ0v) is 30.2. The normalized spacial score (nSPS) is 11.9. The minimum absolute atomic E-state index is 0.668. The van der Waals surface area contributed by atoms with Gasteiger partial charge in [0, 0.05) is 5.75 Å². The fourth-order valence-electron chi connectivity index (χ4n) is 5.62. The standard InChI is InChI=1S/C36H74OPS2/c1-3-5-7-9-11-13-15-17-19-21-23-25-27-29-31-33-35-37-38(39)40-36-34-32-30-28-26-24-22-20-18-16-14-12-10-8-6-4-2/h3-36H2,1-2H3/q+1. The maximum Gasteiger partial charge on any atom is 0.414 e. The molecular formula is C36H74OPS2+. The summed E-state index contributed by atoms with van der Waals surface area (Å²) in [5, 5.41) is 0. The molecule has 1 atom stereocenters. The quantitative estimate of drug-likeness (QED) is 0.0511. The van der Waals surface area contributed by atoms with Crippen molar-refractivity contribution in [2.45, 2.75) is 219 Å². The molecule has 0 rings (SSSR count). The molecule has 40 heavy (non-hydrogen) atoms. The topological polar surface area (TPSA) is 9.23 Å². The Morgan fingerprint density at radius 3 is 0.925 bits per heavy atom. The van der Waals surface area contributed by atoms with Crippen molar-refractivity contribution in [1.29, 1.82) is 0 Å². The second-order valence-electron chi connectivity index (χ2n) is 12.5. The van der Waals surface area contributed by atoms with E-state index in [1.165, 1.54) is 211 Å². The molecule has 0 aliphatic carbocycles. The molecular weight excluding hydrogens is 544 g/mol. The molecule has 0 spiro atoms. The van der Waals surface area contributed by atoms with Crippen molar-refractivity contribution < 1.29 is 4.52 Å². The lowest BCUT2D eigenvalue weighted by molar-refractivity contribution is 0.349. The van der Waals surface area contributed by atoms with Gasteiger partial charge in [0.2, 0.25) is 11.8 Å². The minimum Gasteiger partial charge on any atom is -0.158 e. The predicted molar refractivity (Wildman–Crippen MR) is 192 cm³/mol. The average Bonchev–Trinajstić information content (AvgIpc) is 2.96. The van der Waals surface area contributed by atoms with Crippen molar-refractivity contribution in [3.05, 3.63) is 0 Å². The number of rotatable bonds is 36. The molecule has 0 fully saturated rings. The van der Waals surface area contributed by atoms with Crippen molar-refractivity contribution in [3.8, 4) is 0 Å². The number of unbranched alkanes of at least 4 members (excludes halogenated alkanes) is 30. The van der Waals surface area contributed by atoms with Crippen LogP contribution in [0.25, 0.3) is 0 Å². The molecule has 240 valence electrons. The molecule has 0 N–H and O–H groups in total. The summed E-state index contributed by atoms with van der Waals surface area (Å²) in [5.41, 5.74) is 0. The Hall–Kier alpha value is 0.830. The smallest absolute Gasteiger partial charge is 0.158 e. The Morgan fingerprint density at radius 2 is 0.625 bits per heavy atom. The highest BCUT2D eigenvalue weighted by Gasteiger charge is 2.13. The van der Waals surface area contributed by atoms with Crippen molar-refractivity contribution in [2.75, 3.05) is 12.4 Å². The summed E-state index contributed by atoms with van der Waals surface area (Å²) in [6.07, 6.45) is 45.0. The Morgan fingerprint density at radius 1 is 0.375 bits per heavy atom. The summed E-state index contributed by atoms with van der Waals surface area (Å²) < 4.78 is 5.93. The first-order chi connectivity index (χ1) is 19.8. The van der Waals surface area contributed by atoms with Gasteiger partial charge in [0.15, 0.2) is 0 Å². The molecule has 0 aromatic rings. The van der Waals surface area contributed by atoms with Crippen LogP contribution in [-0.4, -0.2) is 12.4 Å². The zero-order chi connectivity index (χ0) is 29.0. The first-order valence-electron chi connectivity index (χ1n) is 18.5. The Kier molecular flexibility index (Phi) is 38.6. The van der Waals surface area contributed by atoms with Crippen LogP contribution in [0, 0.1) is 0 Å². The van der Waals surface area contributed by atoms with Gasteiger partial charge in [-0.05, 0) is 12.8 Å². The van der Waals surface area contributed by atoms with Crippen LogP contribution in [0.3, 0.4) is 0 Å². The van der Waals surface area contributed by atoms with Gasteiger partial charge in [0.25, 0.3) is 0 Å². The fourth-order valence-corrected chi connectivity index (χ4v) is 8.63. The number of hydrogen-bond donors (Lipinski definition) is 0. The van der Waals surface area contributed by atoms with E-state index in [0.717, 1.165) is 6.61 Å². The minimum atomic E-state index is -0.668. The van der Waals surface area contributed by atoms with Gasteiger partial charge < -0.3 is 0 Å².